The van der Waals surface area contributed by atoms with Gasteiger partial charge in [-0.25, -0.2) is 0 Å². The number of carboxylic acid groups (broad SMARTS) is 1. The van der Waals surface area contributed by atoms with Gasteiger partial charge in [-0.1, -0.05) is 19.1 Å². The van der Waals surface area contributed by atoms with Crippen molar-refractivity contribution in [1.29, 1.82) is 0 Å². The number of hydrogen-bond acceptors (Lipinski definition) is 4. The van der Waals surface area contributed by atoms with Gasteiger partial charge >= 0.3 is 5.97 Å². The molecule has 0 radical (unpaired) electrons. The molecule has 0 fully saturated rings. The summed E-state index contributed by atoms with van der Waals surface area (Å²) in [6.45, 7) is 3.56. The van der Waals surface area contributed by atoms with Gasteiger partial charge in [-0.15, -0.1) is 0 Å². The molecule has 1 amide bonds. The minimum Gasteiger partial charge on any atom is -0.481 e. The SMILES string of the molecule is CCC(C)(OC)C(=O)N(CCC(=O)O)c1ccccc1N. The molecule has 1 unspecified atom stereocenters. The average Bonchev–Trinajstić information content (AvgIpc) is 2.47. The Morgan fingerprint density at radius 1 is 1.38 bits per heavy atom. The predicted octanol–water partition coefficient (Wildman–Crippen LogP) is 1.89. The second-order valence-electron chi connectivity index (χ2n) is 4.95. The molecule has 0 aliphatic carbocycles. The topological polar surface area (TPSA) is 92.9 Å². The van der Waals surface area contributed by atoms with E-state index in [1.807, 2.05) is 6.92 Å². The summed E-state index contributed by atoms with van der Waals surface area (Å²) in [6.07, 6.45) is 0.308. The van der Waals surface area contributed by atoms with Gasteiger partial charge in [0, 0.05) is 13.7 Å². The van der Waals surface area contributed by atoms with E-state index in [4.69, 9.17) is 15.6 Å². The Balaban J connectivity index is 3.17. The Hall–Kier alpha value is -2.08. The van der Waals surface area contributed by atoms with Crippen LogP contribution in [0.4, 0.5) is 11.4 Å². The summed E-state index contributed by atoms with van der Waals surface area (Å²) < 4.78 is 5.32. The van der Waals surface area contributed by atoms with Crippen molar-refractivity contribution in [1.82, 2.24) is 0 Å². The lowest BCUT2D eigenvalue weighted by molar-refractivity contribution is -0.139. The third kappa shape index (κ3) is 3.95. The van der Waals surface area contributed by atoms with Crippen molar-refractivity contribution >= 4 is 23.3 Å². The van der Waals surface area contributed by atoms with Crippen LogP contribution in [0.3, 0.4) is 0 Å². The quantitative estimate of drug-likeness (QED) is 0.749. The molecule has 0 spiro atoms. The maximum atomic E-state index is 12.7. The molecule has 116 valence electrons. The molecule has 0 aliphatic rings. The Bertz CT molecular complexity index is 512. The van der Waals surface area contributed by atoms with Crippen LogP contribution in [0.15, 0.2) is 24.3 Å². The molecule has 1 aromatic carbocycles. The molecule has 1 atom stereocenters. The smallest absolute Gasteiger partial charge is 0.305 e. The van der Waals surface area contributed by atoms with E-state index in [0.29, 0.717) is 17.8 Å². The third-order valence-corrected chi connectivity index (χ3v) is 3.60. The normalized spacial score (nSPS) is 13.5. The number of anilines is 2. The van der Waals surface area contributed by atoms with Gasteiger partial charge in [0.05, 0.1) is 17.8 Å². The Labute approximate surface area is 124 Å². The van der Waals surface area contributed by atoms with E-state index in [9.17, 15) is 9.59 Å². The zero-order chi connectivity index (χ0) is 16.0. The van der Waals surface area contributed by atoms with Crippen molar-refractivity contribution in [3.05, 3.63) is 24.3 Å². The van der Waals surface area contributed by atoms with E-state index in [1.54, 1.807) is 31.2 Å². The minimum absolute atomic E-state index is 0.0430. The van der Waals surface area contributed by atoms with Gasteiger partial charge in [0.2, 0.25) is 0 Å². The van der Waals surface area contributed by atoms with E-state index in [2.05, 4.69) is 0 Å². The summed E-state index contributed by atoms with van der Waals surface area (Å²) in [7, 11) is 1.46. The van der Waals surface area contributed by atoms with Crippen LogP contribution in [0.2, 0.25) is 0 Å². The molecule has 0 saturated heterocycles. The van der Waals surface area contributed by atoms with Crippen LogP contribution in [0.1, 0.15) is 26.7 Å². The third-order valence-electron chi connectivity index (χ3n) is 3.60. The minimum atomic E-state index is -1.01. The number of amides is 1. The summed E-state index contributed by atoms with van der Waals surface area (Å²) in [5.41, 5.74) is 5.82. The van der Waals surface area contributed by atoms with Crippen LogP contribution < -0.4 is 10.6 Å². The number of methoxy groups -OCH3 is 1. The van der Waals surface area contributed by atoms with Crippen molar-refractivity contribution in [3.63, 3.8) is 0 Å². The molecule has 0 aromatic heterocycles. The molecule has 0 heterocycles. The molecule has 1 aromatic rings. The van der Waals surface area contributed by atoms with Gasteiger partial charge in [0.25, 0.3) is 5.91 Å². The second-order valence-corrected chi connectivity index (χ2v) is 4.95. The number of nitrogens with zero attached hydrogens (tertiary/aromatic N) is 1. The molecule has 0 bridgehead atoms. The first-order valence-electron chi connectivity index (χ1n) is 6.79. The summed E-state index contributed by atoms with van der Waals surface area (Å²) in [5, 5.41) is 8.88. The number of aliphatic carboxylic acids is 1. The number of hydrogen-bond donors (Lipinski definition) is 2. The molecule has 1 rings (SSSR count). The van der Waals surface area contributed by atoms with E-state index < -0.39 is 11.6 Å². The fourth-order valence-electron chi connectivity index (χ4n) is 1.94. The van der Waals surface area contributed by atoms with Crippen LogP contribution in [0, 0.1) is 0 Å². The van der Waals surface area contributed by atoms with E-state index in [-0.39, 0.29) is 18.9 Å². The van der Waals surface area contributed by atoms with Crippen LogP contribution in [-0.4, -0.2) is 36.2 Å². The molecule has 6 heteroatoms. The number of carbonyl (C=O) groups is 2. The summed E-state index contributed by atoms with van der Waals surface area (Å²) in [5.74, 6) is -1.27. The maximum Gasteiger partial charge on any atom is 0.305 e. The number of benzene rings is 1. The molecular formula is C15H22N2O4. The Morgan fingerprint density at radius 3 is 2.48 bits per heavy atom. The fraction of sp³-hybridized carbons (Fsp3) is 0.467. The molecule has 0 aliphatic heterocycles. The number of carbonyl (C=O) groups excluding carboxylic acids is 1. The predicted molar refractivity (Wildman–Crippen MR) is 81.2 cm³/mol. The highest BCUT2D eigenvalue weighted by molar-refractivity contribution is 6.01. The monoisotopic (exact) mass is 294 g/mol. The standard InChI is InChI=1S/C15H22N2O4/c1-4-15(2,21-3)14(20)17(10-9-13(18)19)12-8-6-5-7-11(12)16/h5-8H,4,9-10,16H2,1-3H3,(H,18,19). The van der Waals surface area contributed by atoms with Gasteiger partial charge in [0.1, 0.15) is 5.60 Å². The largest absolute Gasteiger partial charge is 0.481 e. The summed E-state index contributed by atoms with van der Waals surface area (Å²) in [6, 6.07) is 6.88. The highest BCUT2D eigenvalue weighted by Gasteiger charge is 2.36. The maximum absolute atomic E-state index is 12.7. The fourth-order valence-corrected chi connectivity index (χ4v) is 1.94. The lowest BCUT2D eigenvalue weighted by atomic mass is 10.0. The van der Waals surface area contributed by atoms with Gasteiger partial charge in [-0.3, -0.25) is 9.59 Å². The highest BCUT2D eigenvalue weighted by atomic mass is 16.5. The molecule has 0 saturated carbocycles. The van der Waals surface area contributed by atoms with Crippen LogP contribution >= 0.6 is 0 Å². The zero-order valence-electron chi connectivity index (χ0n) is 12.6. The first kappa shape index (κ1) is 17.0. The Morgan fingerprint density at radius 2 is 2.00 bits per heavy atom. The van der Waals surface area contributed by atoms with Crippen LogP contribution in [-0.2, 0) is 14.3 Å². The first-order valence-corrected chi connectivity index (χ1v) is 6.79. The van der Waals surface area contributed by atoms with E-state index in [1.165, 1.54) is 12.0 Å². The summed E-state index contributed by atoms with van der Waals surface area (Å²) >= 11 is 0. The molecule has 21 heavy (non-hydrogen) atoms. The van der Waals surface area contributed by atoms with Crippen molar-refractivity contribution in [2.24, 2.45) is 0 Å². The van der Waals surface area contributed by atoms with E-state index in [0.717, 1.165) is 0 Å². The number of carboxylic acids is 1. The number of rotatable bonds is 7. The van der Waals surface area contributed by atoms with Crippen molar-refractivity contribution in [2.75, 3.05) is 24.3 Å². The van der Waals surface area contributed by atoms with Crippen LogP contribution in [0.25, 0.3) is 0 Å². The molecule has 6 nitrogen and oxygen atoms in total. The lowest BCUT2D eigenvalue weighted by Gasteiger charge is -2.33. The zero-order valence-corrected chi connectivity index (χ0v) is 12.6. The molecular weight excluding hydrogens is 272 g/mol. The van der Waals surface area contributed by atoms with Gasteiger partial charge in [0.15, 0.2) is 0 Å². The number of nitrogens with two attached hydrogens (primary N) is 1. The summed E-state index contributed by atoms with van der Waals surface area (Å²) in [4.78, 5) is 25.0. The van der Waals surface area contributed by atoms with E-state index >= 15 is 0 Å². The number of ether oxygens (including phenoxy) is 1. The highest BCUT2D eigenvalue weighted by Crippen LogP contribution is 2.27. The lowest BCUT2D eigenvalue weighted by Crippen LogP contribution is -2.49. The van der Waals surface area contributed by atoms with Gasteiger partial charge < -0.3 is 20.5 Å². The number of para-hydroxylation sites is 2. The van der Waals surface area contributed by atoms with Gasteiger partial charge in [-0.05, 0) is 25.5 Å². The Kier molecular flexibility index (Phi) is 5.72. The van der Waals surface area contributed by atoms with Crippen molar-refractivity contribution in [3.8, 4) is 0 Å². The number of nitrogen functional groups attached to an aromatic ring is 1. The average molecular weight is 294 g/mol. The molecule has 3 N–H and O–H groups in total. The van der Waals surface area contributed by atoms with Gasteiger partial charge in [-0.2, -0.15) is 0 Å². The first-order chi connectivity index (χ1) is 9.85. The van der Waals surface area contributed by atoms with Crippen molar-refractivity contribution < 1.29 is 19.4 Å². The second kappa shape index (κ2) is 7.08. The van der Waals surface area contributed by atoms with Crippen molar-refractivity contribution in [2.45, 2.75) is 32.3 Å². The van der Waals surface area contributed by atoms with Crippen LogP contribution in [0.5, 0.6) is 0 Å².